The number of nitrogens with one attached hydrogen (secondary N) is 2. The average Bonchev–Trinajstić information content (AvgIpc) is 3.17. The Morgan fingerprint density at radius 1 is 1.43 bits per heavy atom. The van der Waals surface area contributed by atoms with Crippen LogP contribution in [0.5, 0.6) is 0 Å². The van der Waals surface area contributed by atoms with E-state index in [2.05, 4.69) is 25.5 Å². The number of hydrogen-bond acceptors (Lipinski definition) is 6. The first-order chi connectivity index (χ1) is 10.3. The van der Waals surface area contributed by atoms with Crippen molar-refractivity contribution in [1.29, 1.82) is 0 Å². The standard InChI is InChI=1S/C13H16FN5O2/c14-10-5-16-12(3-8(10)6-20)15-4-9-1-2-11(21-9)13-17-7-18-19-13/h3,5,7,9,11,20H,1-2,4,6H2,(H,15,16)(H,17,18,19)/t9-,11+/m1/s1. The molecule has 2 atom stereocenters. The maximum absolute atomic E-state index is 13.2. The molecule has 7 nitrogen and oxygen atoms in total. The van der Waals surface area contributed by atoms with Crippen LogP contribution in [-0.2, 0) is 11.3 Å². The number of nitrogens with zero attached hydrogens (tertiary/aromatic N) is 3. The van der Waals surface area contributed by atoms with E-state index < -0.39 is 5.82 Å². The molecule has 8 heteroatoms. The molecule has 3 rings (SSSR count). The highest BCUT2D eigenvalue weighted by atomic mass is 19.1. The fourth-order valence-corrected chi connectivity index (χ4v) is 2.34. The third-order valence-electron chi connectivity index (χ3n) is 3.46. The number of halogens is 1. The molecule has 0 saturated carbocycles. The van der Waals surface area contributed by atoms with E-state index in [9.17, 15) is 4.39 Å². The molecular formula is C13H16FN5O2. The van der Waals surface area contributed by atoms with Crippen LogP contribution in [0.15, 0.2) is 18.6 Å². The van der Waals surface area contributed by atoms with Gasteiger partial charge in [0.05, 0.1) is 18.9 Å². The second-order valence-electron chi connectivity index (χ2n) is 4.89. The smallest absolute Gasteiger partial charge is 0.153 e. The molecule has 3 N–H and O–H groups in total. The lowest BCUT2D eigenvalue weighted by Gasteiger charge is -2.13. The molecule has 0 radical (unpaired) electrons. The van der Waals surface area contributed by atoms with Crippen LogP contribution in [0.3, 0.4) is 0 Å². The lowest BCUT2D eigenvalue weighted by atomic mass is 10.2. The fourth-order valence-electron chi connectivity index (χ4n) is 2.34. The molecule has 1 aliphatic heterocycles. The first-order valence-electron chi connectivity index (χ1n) is 6.76. The summed E-state index contributed by atoms with van der Waals surface area (Å²) in [5.74, 6) is 0.748. The number of pyridine rings is 1. The monoisotopic (exact) mass is 293 g/mol. The van der Waals surface area contributed by atoms with Crippen molar-refractivity contribution in [3.05, 3.63) is 35.8 Å². The van der Waals surface area contributed by atoms with Crippen molar-refractivity contribution in [3.63, 3.8) is 0 Å². The van der Waals surface area contributed by atoms with Crippen molar-refractivity contribution in [2.45, 2.75) is 31.7 Å². The molecule has 21 heavy (non-hydrogen) atoms. The second-order valence-corrected chi connectivity index (χ2v) is 4.89. The number of ether oxygens (including phenoxy) is 1. The fraction of sp³-hybridized carbons (Fsp3) is 0.462. The van der Waals surface area contributed by atoms with Gasteiger partial charge in [-0.1, -0.05) is 0 Å². The molecule has 0 amide bonds. The SMILES string of the molecule is OCc1cc(NC[C@H]2CC[C@@H](c3ncn[nH]3)O2)ncc1F. The maximum Gasteiger partial charge on any atom is 0.153 e. The summed E-state index contributed by atoms with van der Waals surface area (Å²) in [5.41, 5.74) is 0.222. The van der Waals surface area contributed by atoms with Gasteiger partial charge in [-0.05, 0) is 18.9 Å². The van der Waals surface area contributed by atoms with E-state index in [1.54, 1.807) is 0 Å². The predicted octanol–water partition coefficient (Wildman–Crippen LogP) is 1.16. The Morgan fingerprint density at radius 3 is 3.10 bits per heavy atom. The zero-order valence-corrected chi connectivity index (χ0v) is 11.3. The number of aliphatic hydroxyl groups excluding tert-OH is 1. The highest BCUT2D eigenvalue weighted by Crippen LogP contribution is 2.30. The third-order valence-corrected chi connectivity index (χ3v) is 3.46. The van der Waals surface area contributed by atoms with Crippen LogP contribution in [0.2, 0.25) is 0 Å². The lowest BCUT2D eigenvalue weighted by molar-refractivity contribution is 0.0472. The average molecular weight is 293 g/mol. The van der Waals surface area contributed by atoms with Gasteiger partial charge in [0.1, 0.15) is 24.1 Å². The number of anilines is 1. The summed E-state index contributed by atoms with van der Waals surface area (Å²) in [6.45, 7) is 0.213. The van der Waals surface area contributed by atoms with Crippen LogP contribution < -0.4 is 5.32 Å². The van der Waals surface area contributed by atoms with E-state index in [4.69, 9.17) is 9.84 Å². The zero-order valence-electron chi connectivity index (χ0n) is 11.3. The van der Waals surface area contributed by atoms with Gasteiger partial charge in [0.2, 0.25) is 0 Å². The number of rotatable bonds is 5. The molecule has 1 aliphatic rings. The van der Waals surface area contributed by atoms with Crippen LogP contribution in [0.1, 0.15) is 30.3 Å². The summed E-state index contributed by atoms with van der Waals surface area (Å²) >= 11 is 0. The van der Waals surface area contributed by atoms with Gasteiger partial charge in [0.15, 0.2) is 5.82 Å². The number of aromatic amines is 1. The third kappa shape index (κ3) is 3.17. The first kappa shape index (κ1) is 13.9. The van der Waals surface area contributed by atoms with E-state index in [1.807, 2.05) is 0 Å². The van der Waals surface area contributed by atoms with Gasteiger partial charge in [-0.3, -0.25) is 5.10 Å². The summed E-state index contributed by atoms with van der Waals surface area (Å²) < 4.78 is 19.1. The van der Waals surface area contributed by atoms with Gasteiger partial charge < -0.3 is 15.2 Å². The van der Waals surface area contributed by atoms with Gasteiger partial charge in [0.25, 0.3) is 0 Å². The normalized spacial score (nSPS) is 21.6. The number of aliphatic hydroxyl groups is 1. The molecular weight excluding hydrogens is 277 g/mol. The largest absolute Gasteiger partial charge is 0.392 e. The quantitative estimate of drug-likeness (QED) is 0.765. The Bertz CT molecular complexity index is 592. The Labute approximate surface area is 120 Å². The Morgan fingerprint density at radius 2 is 2.33 bits per heavy atom. The highest BCUT2D eigenvalue weighted by Gasteiger charge is 2.28. The van der Waals surface area contributed by atoms with E-state index in [0.29, 0.717) is 12.4 Å². The van der Waals surface area contributed by atoms with Crippen LogP contribution in [0, 0.1) is 5.82 Å². The van der Waals surface area contributed by atoms with E-state index >= 15 is 0 Å². The van der Waals surface area contributed by atoms with Crippen molar-refractivity contribution in [1.82, 2.24) is 20.2 Å². The van der Waals surface area contributed by atoms with E-state index in [-0.39, 0.29) is 24.4 Å². The van der Waals surface area contributed by atoms with Crippen LogP contribution >= 0.6 is 0 Å². The summed E-state index contributed by atoms with van der Waals surface area (Å²) in [6, 6.07) is 1.50. The molecule has 2 aromatic heterocycles. The minimum absolute atomic E-state index is 0.0320. The van der Waals surface area contributed by atoms with Crippen LogP contribution in [0.25, 0.3) is 0 Å². The minimum Gasteiger partial charge on any atom is -0.392 e. The first-order valence-corrected chi connectivity index (χ1v) is 6.76. The van der Waals surface area contributed by atoms with Gasteiger partial charge in [-0.25, -0.2) is 14.4 Å². The van der Waals surface area contributed by atoms with Crippen LogP contribution in [-0.4, -0.2) is 37.9 Å². The molecule has 2 aromatic rings. The molecule has 0 aromatic carbocycles. The number of aromatic nitrogens is 4. The summed E-state index contributed by atoms with van der Waals surface area (Å²) in [7, 11) is 0. The molecule has 0 spiro atoms. The van der Waals surface area contributed by atoms with E-state index in [0.717, 1.165) is 24.9 Å². The van der Waals surface area contributed by atoms with Crippen molar-refractivity contribution < 1.29 is 14.2 Å². The predicted molar refractivity (Wildman–Crippen MR) is 71.8 cm³/mol. The second kappa shape index (κ2) is 6.15. The molecule has 0 unspecified atom stereocenters. The van der Waals surface area contributed by atoms with Gasteiger partial charge in [-0.2, -0.15) is 5.10 Å². The Kier molecular flexibility index (Phi) is 4.07. The maximum atomic E-state index is 13.2. The molecule has 1 saturated heterocycles. The Hall–Kier alpha value is -2.06. The van der Waals surface area contributed by atoms with Gasteiger partial charge in [-0.15, -0.1) is 0 Å². The van der Waals surface area contributed by atoms with Crippen LogP contribution in [0.4, 0.5) is 10.2 Å². The van der Waals surface area contributed by atoms with E-state index in [1.165, 1.54) is 12.4 Å². The number of hydrogen-bond donors (Lipinski definition) is 3. The van der Waals surface area contributed by atoms with Crippen molar-refractivity contribution in [2.75, 3.05) is 11.9 Å². The van der Waals surface area contributed by atoms with Gasteiger partial charge in [0, 0.05) is 12.1 Å². The summed E-state index contributed by atoms with van der Waals surface area (Å²) in [5, 5.41) is 18.7. The zero-order chi connectivity index (χ0) is 14.7. The molecule has 3 heterocycles. The van der Waals surface area contributed by atoms with Crippen molar-refractivity contribution >= 4 is 5.82 Å². The molecule has 0 bridgehead atoms. The van der Waals surface area contributed by atoms with Crippen molar-refractivity contribution in [3.8, 4) is 0 Å². The topological polar surface area (TPSA) is 96.0 Å². The molecule has 112 valence electrons. The minimum atomic E-state index is -0.509. The Balaban J connectivity index is 1.54. The number of H-pyrrole nitrogens is 1. The highest BCUT2D eigenvalue weighted by molar-refractivity contribution is 5.38. The molecule has 0 aliphatic carbocycles. The summed E-state index contributed by atoms with van der Waals surface area (Å²) in [4.78, 5) is 8.02. The van der Waals surface area contributed by atoms with Gasteiger partial charge >= 0.3 is 0 Å². The summed E-state index contributed by atoms with van der Waals surface area (Å²) in [6.07, 6.45) is 4.30. The lowest BCUT2D eigenvalue weighted by Crippen LogP contribution is -2.20. The van der Waals surface area contributed by atoms with Crippen molar-refractivity contribution in [2.24, 2.45) is 0 Å². The molecule has 1 fully saturated rings.